The van der Waals surface area contributed by atoms with Gasteiger partial charge < -0.3 is 4.74 Å². The van der Waals surface area contributed by atoms with E-state index in [9.17, 15) is 0 Å². The first-order valence-corrected chi connectivity index (χ1v) is 8.53. The van der Waals surface area contributed by atoms with E-state index in [0.717, 1.165) is 17.0 Å². The molecule has 0 unspecified atom stereocenters. The molecule has 0 amide bonds. The normalized spacial score (nSPS) is 11.2. The number of aryl methyl sites for hydroxylation is 2. The van der Waals surface area contributed by atoms with Gasteiger partial charge in [-0.1, -0.05) is 18.2 Å². The largest absolute Gasteiger partial charge is 0.497 e. The van der Waals surface area contributed by atoms with Gasteiger partial charge in [-0.05, 0) is 84.0 Å². The Balaban J connectivity index is 2.03. The first kappa shape index (κ1) is 15.6. The summed E-state index contributed by atoms with van der Waals surface area (Å²) in [5.74, 6) is 0.858. The highest BCUT2D eigenvalue weighted by Gasteiger charge is 2.11. The van der Waals surface area contributed by atoms with E-state index in [1.54, 1.807) is 7.11 Å². The summed E-state index contributed by atoms with van der Waals surface area (Å²) in [6.45, 7) is 6.60. The molecule has 2 heteroatoms. The van der Waals surface area contributed by atoms with Gasteiger partial charge >= 0.3 is 0 Å². The van der Waals surface area contributed by atoms with E-state index in [1.807, 2.05) is 18.3 Å². The third-order valence-electron chi connectivity index (χ3n) is 5.27. The van der Waals surface area contributed by atoms with Crippen molar-refractivity contribution in [2.24, 2.45) is 0 Å². The second-order valence-corrected chi connectivity index (χ2v) is 6.59. The quantitative estimate of drug-likeness (QED) is 0.422. The Labute approximate surface area is 148 Å². The summed E-state index contributed by atoms with van der Waals surface area (Å²) >= 11 is 0. The zero-order valence-corrected chi connectivity index (χ0v) is 15.1. The summed E-state index contributed by atoms with van der Waals surface area (Å²) in [4.78, 5) is 4.66. The zero-order chi connectivity index (χ0) is 17.6. The van der Waals surface area contributed by atoms with Crippen LogP contribution in [0.3, 0.4) is 0 Å². The Kier molecular flexibility index (Phi) is 3.69. The number of hydrogen-bond acceptors (Lipinski definition) is 2. The van der Waals surface area contributed by atoms with E-state index in [4.69, 9.17) is 4.74 Å². The molecule has 0 bridgehead atoms. The van der Waals surface area contributed by atoms with Crippen molar-refractivity contribution in [2.75, 3.05) is 7.11 Å². The van der Waals surface area contributed by atoms with Crippen molar-refractivity contribution < 1.29 is 4.74 Å². The predicted molar refractivity (Wildman–Crippen MR) is 105 cm³/mol. The number of hydrogen-bond donors (Lipinski definition) is 0. The van der Waals surface area contributed by atoms with Gasteiger partial charge in [0.05, 0.1) is 12.8 Å². The summed E-state index contributed by atoms with van der Waals surface area (Å²) in [6.07, 6.45) is 1.91. The van der Waals surface area contributed by atoms with Crippen molar-refractivity contribution >= 4 is 21.5 Å². The van der Waals surface area contributed by atoms with Gasteiger partial charge in [-0.25, -0.2) is 0 Å². The minimum absolute atomic E-state index is 0.858. The number of aromatic nitrogens is 1. The number of pyridine rings is 1. The van der Waals surface area contributed by atoms with Crippen molar-refractivity contribution in [1.82, 2.24) is 4.98 Å². The van der Waals surface area contributed by atoms with Crippen LogP contribution in [0.15, 0.2) is 54.7 Å². The van der Waals surface area contributed by atoms with Crippen molar-refractivity contribution in [3.05, 3.63) is 71.4 Å². The van der Waals surface area contributed by atoms with Crippen LogP contribution < -0.4 is 4.74 Å². The first-order chi connectivity index (χ1) is 12.1. The number of nitrogens with zero attached hydrogens (tertiary/aromatic N) is 1. The van der Waals surface area contributed by atoms with Gasteiger partial charge in [0.25, 0.3) is 0 Å². The molecular formula is C23H21NO. The zero-order valence-electron chi connectivity index (χ0n) is 15.1. The molecule has 1 heterocycles. The van der Waals surface area contributed by atoms with Crippen LogP contribution in [0.25, 0.3) is 32.8 Å². The highest BCUT2D eigenvalue weighted by atomic mass is 16.5. The molecule has 0 saturated carbocycles. The van der Waals surface area contributed by atoms with Crippen LogP contribution in [0.2, 0.25) is 0 Å². The molecule has 0 saturated heterocycles. The molecule has 0 aliphatic heterocycles. The Morgan fingerprint density at radius 2 is 1.44 bits per heavy atom. The van der Waals surface area contributed by atoms with Gasteiger partial charge in [0.2, 0.25) is 0 Å². The molecule has 0 N–H and O–H groups in total. The highest BCUT2D eigenvalue weighted by Crippen LogP contribution is 2.35. The van der Waals surface area contributed by atoms with Crippen molar-refractivity contribution in [1.29, 1.82) is 0 Å². The van der Waals surface area contributed by atoms with E-state index in [0.29, 0.717) is 0 Å². The maximum Gasteiger partial charge on any atom is 0.118 e. The van der Waals surface area contributed by atoms with E-state index < -0.39 is 0 Å². The second kappa shape index (κ2) is 5.89. The Morgan fingerprint density at radius 1 is 0.720 bits per heavy atom. The lowest BCUT2D eigenvalue weighted by Crippen LogP contribution is -1.92. The third-order valence-corrected chi connectivity index (χ3v) is 5.27. The lowest BCUT2D eigenvalue weighted by atomic mass is 9.92. The topological polar surface area (TPSA) is 22.1 Å². The lowest BCUT2D eigenvalue weighted by Gasteiger charge is -2.13. The van der Waals surface area contributed by atoms with Gasteiger partial charge in [0, 0.05) is 17.1 Å². The van der Waals surface area contributed by atoms with Gasteiger partial charge in [-0.2, -0.15) is 0 Å². The minimum atomic E-state index is 0.858. The highest BCUT2D eigenvalue weighted by molar-refractivity contribution is 6.12. The number of methoxy groups -OCH3 is 1. The molecule has 0 aliphatic carbocycles. The fraction of sp³-hybridized carbons (Fsp3) is 0.174. The van der Waals surface area contributed by atoms with Crippen LogP contribution in [-0.4, -0.2) is 12.1 Å². The van der Waals surface area contributed by atoms with E-state index >= 15 is 0 Å². The Bertz CT molecular complexity index is 1090. The molecule has 1 aromatic heterocycles. The fourth-order valence-corrected chi connectivity index (χ4v) is 3.56. The second-order valence-electron chi connectivity index (χ2n) is 6.59. The first-order valence-electron chi connectivity index (χ1n) is 8.53. The summed E-state index contributed by atoms with van der Waals surface area (Å²) in [6, 6.07) is 17.0. The van der Waals surface area contributed by atoms with E-state index in [2.05, 4.69) is 62.2 Å². The number of ether oxygens (including phenoxy) is 1. The summed E-state index contributed by atoms with van der Waals surface area (Å²) in [7, 11) is 1.68. The monoisotopic (exact) mass is 327 g/mol. The number of rotatable bonds is 2. The summed E-state index contributed by atoms with van der Waals surface area (Å²) in [5, 5.41) is 5.06. The van der Waals surface area contributed by atoms with E-state index in [-0.39, 0.29) is 0 Å². The number of fused-ring (bicyclic) bond motifs is 3. The smallest absolute Gasteiger partial charge is 0.118 e. The van der Waals surface area contributed by atoms with Crippen LogP contribution in [0.1, 0.15) is 16.7 Å². The lowest BCUT2D eigenvalue weighted by molar-refractivity contribution is 0.415. The Morgan fingerprint density at radius 3 is 2.16 bits per heavy atom. The van der Waals surface area contributed by atoms with Gasteiger partial charge in [-0.3, -0.25) is 4.98 Å². The molecular weight excluding hydrogens is 306 g/mol. The van der Waals surface area contributed by atoms with Gasteiger partial charge in [0.1, 0.15) is 5.75 Å². The average Bonchev–Trinajstić information content (AvgIpc) is 2.65. The van der Waals surface area contributed by atoms with Crippen LogP contribution in [0.4, 0.5) is 0 Å². The fourth-order valence-electron chi connectivity index (χ4n) is 3.56. The maximum absolute atomic E-state index is 5.27. The molecule has 0 fully saturated rings. The van der Waals surface area contributed by atoms with Crippen LogP contribution in [0, 0.1) is 20.8 Å². The molecule has 124 valence electrons. The third kappa shape index (κ3) is 2.45. The molecule has 0 radical (unpaired) electrons. The minimum Gasteiger partial charge on any atom is -0.497 e. The van der Waals surface area contributed by atoms with E-state index in [1.165, 1.54) is 38.2 Å². The van der Waals surface area contributed by atoms with Crippen LogP contribution in [-0.2, 0) is 0 Å². The molecule has 0 atom stereocenters. The standard InChI is InChI=1S/C23H21NO/c1-14-13-22-19(16(3)15(14)2)9-10-21-20(22)11-12-24-23(21)17-5-7-18(25-4)8-6-17/h5-13H,1-4H3. The van der Waals surface area contributed by atoms with Crippen molar-refractivity contribution in [3.63, 3.8) is 0 Å². The molecule has 2 nitrogen and oxygen atoms in total. The molecule has 4 aromatic rings. The van der Waals surface area contributed by atoms with Crippen LogP contribution >= 0.6 is 0 Å². The van der Waals surface area contributed by atoms with Gasteiger partial charge in [0.15, 0.2) is 0 Å². The van der Waals surface area contributed by atoms with Crippen molar-refractivity contribution in [3.8, 4) is 17.0 Å². The number of benzene rings is 3. The molecule has 25 heavy (non-hydrogen) atoms. The summed E-state index contributed by atoms with van der Waals surface area (Å²) in [5.41, 5.74) is 6.18. The average molecular weight is 327 g/mol. The Hall–Kier alpha value is -2.87. The summed E-state index contributed by atoms with van der Waals surface area (Å²) < 4.78 is 5.27. The molecule has 0 aliphatic rings. The maximum atomic E-state index is 5.27. The van der Waals surface area contributed by atoms with Crippen molar-refractivity contribution in [2.45, 2.75) is 20.8 Å². The predicted octanol–water partition coefficient (Wildman–Crippen LogP) is 5.99. The molecule has 3 aromatic carbocycles. The molecule has 4 rings (SSSR count). The SMILES string of the molecule is COc1ccc(-c2nccc3c2ccc2c(C)c(C)c(C)cc23)cc1. The van der Waals surface area contributed by atoms with Gasteiger partial charge in [-0.15, -0.1) is 0 Å². The molecule has 0 spiro atoms. The van der Waals surface area contributed by atoms with Crippen LogP contribution in [0.5, 0.6) is 5.75 Å².